The van der Waals surface area contributed by atoms with Crippen molar-refractivity contribution in [1.82, 2.24) is 5.32 Å². The van der Waals surface area contributed by atoms with E-state index >= 15 is 0 Å². The second-order valence-corrected chi connectivity index (χ2v) is 7.29. The van der Waals surface area contributed by atoms with Gasteiger partial charge in [0.1, 0.15) is 0 Å². The van der Waals surface area contributed by atoms with Crippen LogP contribution in [-0.2, 0) is 10.2 Å². The summed E-state index contributed by atoms with van der Waals surface area (Å²) >= 11 is 3.48. The van der Waals surface area contributed by atoms with E-state index < -0.39 is 0 Å². The van der Waals surface area contributed by atoms with Crippen molar-refractivity contribution in [3.8, 4) is 0 Å². The van der Waals surface area contributed by atoms with Crippen molar-refractivity contribution in [3.63, 3.8) is 0 Å². The fraction of sp³-hybridized carbons (Fsp3) is 0.611. The number of halogens is 1. The van der Waals surface area contributed by atoms with Crippen molar-refractivity contribution >= 4 is 21.8 Å². The van der Waals surface area contributed by atoms with E-state index in [4.69, 9.17) is 5.73 Å². The Morgan fingerprint density at radius 1 is 1.14 bits per heavy atom. The lowest BCUT2D eigenvalue weighted by molar-refractivity contribution is -0.121. The minimum absolute atomic E-state index is 0.163. The van der Waals surface area contributed by atoms with Crippen LogP contribution < -0.4 is 11.1 Å². The highest BCUT2D eigenvalue weighted by Gasteiger charge is 2.38. The van der Waals surface area contributed by atoms with Crippen LogP contribution in [0.1, 0.15) is 56.9 Å². The second-order valence-electron chi connectivity index (χ2n) is 6.37. The van der Waals surface area contributed by atoms with Crippen molar-refractivity contribution in [3.05, 3.63) is 34.3 Å². The molecule has 3 nitrogen and oxygen atoms in total. The molecule has 0 spiro atoms. The van der Waals surface area contributed by atoms with Gasteiger partial charge in [0.2, 0.25) is 5.91 Å². The highest BCUT2D eigenvalue weighted by Crippen LogP contribution is 2.43. The molecule has 1 saturated carbocycles. The monoisotopic (exact) mass is 366 g/mol. The lowest BCUT2D eigenvalue weighted by Gasteiger charge is -2.42. The Hall–Kier alpha value is -0.870. The Morgan fingerprint density at radius 3 is 2.41 bits per heavy atom. The van der Waals surface area contributed by atoms with Crippen LogP contribution in [-0.4, -0.2) is 19.0 Å². The maximum Gasteiger partial charge on any atom is 0.220 e. The molecule has 4 heteroatoms. The summed E-state index contributed by atoms with van der Waals surface area (Å²) in [7, 11) is 0. The molecule has 0 heterocycles. The molecular weight excluding hydrogens is 340 g/mol. The van der Waals surface area contributed by atoms with E-state index in [0.29, 0.717) is 6.42 Å². The highest BCUT2D eigenvalue weighted by molar-refractivity contribution is 9.10. The molecule has 122 valence electrons. The summed E-state index contributed by atoms with van der Waals surface area (Å²) in [6.45, 7) is 1.53. The first-order valence-corrected chi connectivity index (χ1v) is 9.18. The van der Waals surface area contributed by atoms with Crippen molar-refractivity contribution < 1.29 is 4.79 Å². The summed E-state index contributed by atoms with van der Waals surface area (Å²) < 4.78 is 1.10. The number of nitrogens with two attached hydrogens (primary N) is 1. The van der Waals surface area contributed by atoms with E-state index in [1.807, 2.05) is 0 Å². The number of hydrogen-bond acceptors (Lipinski definition) is 2. The molecule has 1 aromatic carbocycles. The zero-order valence-electron chi connectivity index (χ0n) is 13.2. The van der Waals surface area contributed by atoms with Crippen LogP contribution in [0, 0.1) is 0 Å². The number of carbonyl (C=O) groups excluding carboxylic acids is 1. The summed E-state index contributed by atoms with van der Waals surface area (Å²) in [5.74, 6) is 0.191. The molecule has 2 rings (SSSR count). The molecule has 0 radical (unpaired) electrons. The van der Waals surface area contributed by atoms with E-state index in [1.165, 1.54) is 24.8 Å². The average molecular weight is 367 g/mol. The van der Waals surface area contributed by atoms with E-state index in [9.17, 15) is 4.79 Å². The quantitative estimate of drug-likeness (QED) is 0.651. The standard InChI is InChI=1S/C18H27BrN2O/c19-16-9-7-15(8-10-16)18(11-5-12-18)14-21-17(22)6-3-1-2-4-13-20/h7-10H,1-6,11-14,20H2,(H,21,22). The molecule has 0 saturated heterocycles. The largest absolute Gasteiger partial charge is 0.355 e. The Bertz CT molecular complexity index is 468. The van der Waals surface area contributed by atoms with Crippen molar-refractivity contribution in [2.75, 3.05) is 13.1 Å². The Kier molecular flexibility index (Phi) is 6.90. The van der Waals surface area contributed by atoms with Crippen LogP contribution in [0.25, 0.3) is 0 Å². The summed E-state index contributed by atoms with van der Waals surface area (Å²) in [6.07, 6.45) is 8.50. The topological polar surface area (TPSA) is 55.1 Å². The van der Waals surface area contributed by atoms with Gasteiger partial charge in [-0.15, -0.1) is 0 Å². The first-order valence-electron chi connectivity index (χ1n) is 8.39. The maximum atomic E-state index is 12.0. The lowest BCUT2D eigenvalue weighted by Crippen LogP contribution is -2.45. The van der Waals surface area contributed by atoms with Gasteiger partial charge in [-0.3, -0.25) is 4.79 Å². The molecule has 0 bridgehead atoms. The Labute approximate surface area is 142 Å². The third-order valence-corrected chi connectivity index (χ3v) is 5.28. The zero-order chi connectivity index (χ0) is 15.8. The second kappa shape index (κ2) is 8.68. The predicted octanol–water partition coefficient (Wildman–Crippen LogP) is 3.90. The summed E-state index contributed by atoms with van der Waals surface area (Å²) in [5.41, 5.74) is 6.98. The van der Waals surface area contributed by atoms with Crippen molar-refractivity contribution in [1.29, 1.82) is 0 Å². The molecule has 1 amide bonds. The smallest absolute Gasteiger partial charge is 0.220 e. The average Bonchev–Trinajstić information content (AvgIpc) is 2.47. The number of unbranched alkanes of at least 4 members (excludes halogenated alkanes) is 3. The summed E-state index contributed by atoms with van der Waals surface area (Å²) in [4.78, 5) is 12.0. The maximum absolute atomic E-state index is 12.0. The number of hydrogen-bond donors (Lipinski definition) is 2. The van der Waals surface area contributed by atoms with Crippen LogP contribution in [0.15, 0.2) is 28.7 Å². The lowest BCUT2D eigenvalue weighted by atomic mass is 9.64. The molecule has 0 aliphatic heterocycles. The van der Waals surface area contributed by atoms with E-state index in [1.54, 1.807) is 0 Å². The first-order chi connectivity index (χ1) is 10.7. The van der Waals surface area contributed by atoms with Gasteiger partial charge in [0.25, 0.3) is 0 Å². The van der Waals surface area contributed by atoms with Crippen molar-refractivity contribution in [2.45, 2.75) is 56.8 Å². The van der Waals surface area contributed by atoms with Gasteiger partial charge in [-0.25, -0.2) is 0 Å². The molecule has 1 aromatic rings. The van der Waals surface area contributed by atoms with Crippen LogP contribution in [0.2, 0.25) is 0 Å². The van der Waals surface area contributed by atoms with Crippen LogP contribution in [0.4, 0.5) is 0 Å². The molecule has 0 aromatic heterocycles. The molecule has 1 aliphatic carbocycles. The van der Waals surface area contributed by atoms with Gasteiger partial charge < -0.3 is 11.1 Å². The summed E-state index contributed by atoms with van der Waals surface area (Å²) in [5, 5.41) is 3.15. The fourth-order valence-electron chi connectivity index (χ4n) is 3.11. The third kappa shape index (κ3) is 4.82. The van der Waals surface area contributed by atoms with Crippen LogP contribution in [0.5, 0.6) is 0 Å². The molecule has 22 heavy (non-hydrogen) atoms. The van der Waals surface area contributed by atoms with Gasteiger partial charge in [-0.2, -0.15) is 0 Å². The Balaban J connectivity index is 1.76. The fourth-order valence-corrected chi connectivity index (χ4v) is 3.38. The molecular formula is C18H27BrN2O. The van der Waals surface area contributed by atoms with Gasteiger partial charge in [0, 0.05) is 22.9 Å². The van der Waals surface area contributed by atoms with E-state index in [-0.39, 0.29) is 11.3 Å². The number of benzene rings is 1. The zero-order valence-corrected chi connectivity index (χ0v) is 14.8. The number of carbonyl (C=O) groups is 1. The molecule has 1 aliphatic rings. The number of amides is 1. The SMILES string of the molecule is NCCCCCCC(=O)NCC1(c2ccc(Br)cc2)CCC1. The van der Waals surface area contributed by atoms with E-state index in [2.05, 4.69) is 45.5 Å². The minimum atomic E-state index is 0.163. The summed E-state index contributed by atoms with van der Waals surface area (Å²) in [6, 6.07) is 8.55. The van der Waals surface area contributed by atoms with Gasteiger partial charge in [0.05, 0.1) is 0 Å². The van der Waals surface area contributed by atoms with Crippen LogP contribution >= 0.6 is 15.9 Å². The van der Waals surface area contributed by atoms with Crippen LogP contribution in [0.3, 0.4) is 0 Å². The normalized spacial score (nSPS) is 16.1. The molecule has 0 atom stereocenters. The van der Waals surface area contributed by atoms with Gasteiger partial charge in [-0.05, 0) is 49.9 Å². The highest BCUT2D eigenvalue weighted by atomic mass is 79.9. The predicted molar refractivity (Wildman–Crippen MR) is 94.8 cm³/mol. The third-order valence-electron chi connectivity index (χ3n) is 4.75. The molecule has 1 fully saturated rings. The van der Waals surface area contributed by atoms with Gasteiger partial charge >= 0.3 is 0 Å². The van der Waals surface area contributed by atoms with Gasteiger partial charge in [-0.1, -0.05) is 47.3 Å². The Morgan fingerprint density at radius 2 is 1.82 bits per heavy atom. The van der Waals surface area contributed by atoms with Crippen molar-refractivity contribution in [2.24, 2.45) is 5.73 Å². The van der Waals surface area contributed by atoms with E-state index in [0.717, 1.165) is 43.2 Å². The van der Waals surface area contributed by atoms with Gasteiger partial charge in [0.15, 0.2) is 0 Å². The number of rotatable bonds is 9. The minimum Gasteiger partial charge on any atom is -0.355 e. The number of nitrogens with one attached hydrogen (secondary N) is 1. The molecule has 3 N–H and O–H groups in total. The molecule has 0 unspecified atom stereocenters. The first kappa shape index (κ1) is 17.5.